The molecule has 1 fully saturated rings. The SMILES string of the molecule is CCOC(=O)c1noc(C2CC2)c1C(=O)c1ccccc1CP(=O)(OC)OC. The Hall–Kier alpha value is -2.28. The third kappa shape index (κ3) is 4.09. The van der Waals surface area contributed by atoms with Gasteiger partial charge in [0.2, 0.25) is 5.69 Å². The molecule has 9 heteroatoms. The van der Waals surface area contributed by atoms with Gasteiger partial charge < -0.3 is 18.3 Å². The maximum absolute atomic E-state index is 13.4. The fourth-order valence-corrected chi connectivity index (χ4v) is 4.01. The van der Waals surface area contributed by atoms with Gasteiger partial charge in [0.1, 0.15) is 5.56 Å². The third-order valence-electron chi connectivity index (χ3n) is 4.54. The van der Waals surface area contributed by atoms with Crippen molar-refractivity contribution < 1.29 is 32.5 Å². The predicted molar refractivity (Wildman–Crippen MR) is 99.6 cm³/mol. The molecule has 28 heavy (non-hydrogen) atoms. The Morgan fingerprint density at radius 1 is 1.21 bits per heavy atom. The van der Waals surface area contributed by atoms with E-state index in [0.717, 1.165) is 12.8 Å². The minimum atomic E-state index is -3.39. The van der Waals surface area contributed by atoms with Gasteiger partial charge in [-0.2, -0.15) is 0 Å². The van der Waals surface area contributed by atoms with Gasteiger partial charge in [0.05, 0.1) is 12.8 Å². The molecule has 1 saturated carbocycles. The first kappa shape index (κ1) is 20.5. The first-order valence-corrected chi connectivity index (χ1v) is 10.7. The zero-order chi connectivity index (χ0) is 20.3. The number of carbonyl (C=O) groups excluding carboxylic acids is 2. The van der Waals surface area contributed by atoms with Crippen LogP contribution in [-0.2, 0) is 24.5 Å². The molecule has 1 aromatic heterocycles. The number of hydrogen-bond donors (Lipinski definition) is 0. The summed E-state index contributed by atoms with van der Waals surface area (Å²) in [5.74, 6) is -0.686. The normalized spacial score (nSPS) is 14.1. The fraction of sp³-hybridized carbons (Fsp3) is 0.421. The van der Waals surface area contributed by atoms with E-state index >= 15 is 0 Å². The molecule has 0 unspecified atom stereocenters. The van der Waals surface area contributed by atoms with Crippen molar-refractivity contribution in [2.24, 2.45) is 0 Å². The fourth-order valence-electron chi connectivity index (χ4n) is 2.91. The summed E-state index contributed by atoms with van der Waals surface area (Å²) in [7, 11) is -0.809. The highest BCUT2D eigenvalue weighted by atomic mass is 31.2. The maximum Gasteiger partial charge on any atom is 0.361 e. The van der Waals surface area contributed by atoms with Gasteiger partial charge >= 0.3 is 13.6 Å². The van der Waals surface area contributed by atoms with Gasteiger partial charge in [-0.25, -0.2) is 4.79 Å². The van der Waals surface area contributed by atoms with Gasteiger partial charge in [-0.1, -0.05) is 29.4 Å². The van der Waals surface area contributed by atoms with Gasteiger partial charge in [-0.3, -0.25) is 9.36 Å². The van der Waals surface area contributed by atoms with Crippen LogP contribution >= 0.6 is 7.60 Å². The quantitative estimate of drug-likeness (QED) is 0.350. The number of ether oxygens (including phenoxy) is 1. The number of benzene rings is 1. The summed E-state index contributed by atoms with van der Waals surface area (Å²) >= 11 is 0. The van der Waals surface area contributed by atoms with Gasteiger partial charge in [-0.05, 0) is 25.3 Å². The van der Waals surface area contributed by atoms with E-state index in [9.17, 15) is 14.2 Å². The first-order chi connectivity index (χ1) is 13.4. The molecule has 0 N–H and O–H groups in total. The van der Waals surface area contributed by atoms with Gasteiger partial charge in [0.25, 0.3) is 0 Å². The number of nitrogens with zero attached hydrogens (tertiary/aromatic N) is 1. The topological polar surface area (TPSA) is 105 Å². The van der Waals surface area contributed by atoms with Crippen molar-refractivity contribution >= 4 is 19.3 Å². The molecule has 1 aromatic carbocycles. The second-order valence-electron chi connectivity index (χ2n) is 6.39. The number of carbonyl (C=O) groups is 2. The molecule has 3 rings (SSSR count). The van der Waals surface area contributed by atoms with E-state index in [1.807, 2.05) is 0 Å². The monoisotopic (exact) mass is 407 g/mol. The number of ketones is 1. The number of hydrogen-bond acceptors (Lipinski definition) is 8. The standard InChI is InChI=1S/C19H22NO7P/c1-4-26-19(22)16-15(18(27-20-16)12-9-10-12)17(21)14-8-6-5-7-13(14)11-28(23,24-2)25-3/h5-8,12H,4,9-11H2,1-3H3. The van der Waals surface area contributed by atoms with Gasteiger partial charge in [0, 0.05) is 25.7 Å². The molecule has 1 heterocycles. The lowest BCUT2D eigenvalue weighted by Gasteiger charge is -2.15. The van der Waals surface area contributed by atoms with E-state index in [-0.39, 0.29) is 35.5 Å². The molecule has 150 valence electrons. The summed E-state index contributed by atoms with van der Waals surface area (Å²) in [6, 6.07) is 6.69. The van der Waals surface area contributed by atoms with Crippen LogP contribution in [-0.4, -0.2) is 37.7 Å². The summed E-state index contributed by atoms with van der Waals surface area (Å²) in [5, 5.41) is 3.80. The van der Waals surface area contributed by atoms with Crippen LogP contribution in [0.1, 0.15) is 63.4 Å². The molecule has 0 amide bonds. The minimum Gasteiger partial charge on any atom is -0.461 e. The molecule has 2 aromatic rings. The van der Waals surface area contributed by atoms with E-state index in [2.05, 4.69) is 5.16 Å². The van der Waals surface area contributed by atoms with Crippen LogP contribution in [0.2, 0.25) is 0 Å². The Morgan fingerprint density at radius 2 is 1.89 bits per heavy atom. The molecule has 8 nitrogen and oxygen atoms in total. The zero-order valence-electron chi connectivity index (χ0n) is 16.0. The highest BCUT2D eigenvalue weighted by molar-refractivity contribution is 7.52. The molecule has 1 aliphatic carbocycles. The summed E-state index contributed by atoms with van der Waals surface area (Å²) in [4.78, 5) is 25.7. The van der Waals surface area contributed by atoms with Crippen LogP contribution in [0.25, 0.3) is 0 Å². The van der Waals surface area contributed by atoms with Crippen LogP contribution in [0.5, 0.6) is 0 Å². The molecule has 0 saturated heterocycles. The summed E-state index contributed by atoms with van der Waals surface area (Å²) in [6.45, 7) is 1.82. The van der Waals surface area contributed by atoms with Gasteiger partial charge in [0.15, 0.2) is 11.5 Å². The van der Waals surface area contributed by atoms with E-state index in [4.69, 9.17) is 18.3 Å². The maximum atomic E-state index is 13.4. The third-order valence-corrected chi connectivity index (χ3v) is 6.39. The van der Waals surface area contributed by atoms with Crippen LogP contribution < -0.4 is 0 Å². The first-order valence-electron chi connectivity index (χ1n) is 8.93. The lowest BCUT2D eigenvalue weighted by atomic mass is 9.96. The predicted octanol–water partition coefficient (Wildman–Crippen LogP) is 3.95. The van der Waals surface area contributed by atoms with Crippen LogP contribution in [0, 0.1) is 0 Å². The molecular weight excluding hydrogens is 385 g/mol. The number of esters is 1. The van der Waals surface area contributed by atoms with Crippen molar-refractivity contribution in [1.82, 2.24) is 5.16 Å². The average Bonchev–Trinajstić information content (AvgIpc) is 3.46. The Morgan fingerprint density at radius 3 is 2.50 bits per heavy atom. The second-order valence-corrected chi connectivity index (χ2v) is 8.65. The average molecular weight is 407 g/mol. The Kier molecular flexibility index (Phi) is 6.13. The molecule has 1 aliphatic rings. The van der Waals surface area contributed by atoms with Crippen LogP contribution in [0.3, 0.4) is 0 Å². The summed E-state index contributed by atoms with van der Waals surface area (Å²) < 4.78 is 32.9. The molecule has 0 spiro atoms. The van der Waals surface area contributed by atoms with E-state index < -0.39 is 19.3 Å². The van der Waals surface area contributed by atoms with Crippen LogP contribution in [0.4, 0.5) is 0 Å². The van der Waals surface area contributed by atoms with E-state index in [0.29, 0.717) is 11.3 Å². The highest BCUT2D eigenvalue weighted by Crippen LogP contribution is 2.50. The highest BCUT2D eigenvalue weighted by Gasteiger charge is 2.38. The lowest BCUT2D eigenvalue weighted by molar-refractivity contribution is 0.0512. The molecule has 0 radical (unpaired) electrons. The van der Waals surface area contributed by atoms with E-state index in [1.54, 1.807) is 31.2 Å². The molecular formula is C19H22NO7P. The zero-order valence-corrected chi connectivity index (χ0v) is 16.9. The largest absolute Gasteiger partial charge is 0.461 e. The van der Waals surface area contributed by atoms with Crippen molar-refractivity contribution in [3.8, 4) is 0 Å². The van der Waals surface area contributed by atoms with Crippen molar-refractivity contribution in [3.63, 3.8) is 0 Å². The van der Waals surface area contributed by atoms with Gasteiger partial charge in [-0.15, -0.1) is 0 Å². The smallest absolute Gasteiger partial charge is 0.361 e. The Balaban J connectivity index is 2.05. The molecule has 0 bridgehead atoms. The summed E-state index contributed by atoms with van der Waals surface area (Å²) in [5.41, 5.74) is 0.744. The minimum absolute atomic E-state index is 0.0610. The molecule has 0 aliphatic heterocycles. The number of aromatic nitrogens is 1. The van der Waals surface area contributed by atoms with E-state index in [1.165, 1.54) is 14.2 Å². The second kappa shape index (κ2) is 8.39. The Labute approximate surface area is 162 Å². The Bertz CT molecular complexity index is 924. The van der Waals surface area contributed by atoms with Crippen molar-refractivity contribution in [2.45, 2.75) is 31.8 Å². The lowest BCUT2D eigenvalue weighted by Crippen LogP contribution is -2.14. The van der Waals surface area contributed by atoms with Crippen molar-refractivity contribution in [2.75, 3.05) is 20.8 Å². The van der Waals surface area contributed by atoms with Crippen LogP contribution in [0.15, 0.2) is 28.8 Å². The molecule has 0 atom stereocenters. The summed E-state index contributed by atoms with van der Waals surface area (Å²) in [6.07, 6.45) is 1.64. The van der Waals surface area contributed by atoms with Crippen molar-refractivity contribution in [3.05, 3.63) is 52.4 Å². The number of rotatable bonds is 9. The van der Waals surface area contributed by atoms with Crippen molar-refractivity contribution in [1.29, 1.82) is 0 Å².